The third-order valence-electron chi connectivity index (χ3n) is 6.07. The fourth-order valence-electron chi connectivity index (χ4n) is 5.20. The molecule has 1 nitrogen and oxygen atoms in total. The summed E-state index contributed by atoms with van der Waals surface area (Å²) in [6, 6.07) is 0. The molecule has 16 heavy (non-hydrogen) atoms. The predicted molar refractivity (Wildman–Crippen MR) is 65.9 cm³/mol. The smallest absolute Gasteiger partial charge is 0.0605 e. The zero-order chi connectivity index (χ0) is 11.7. The van der Waals surface area contributed by atoms with Crippen LogP contribution in [-0.4, -0.2) is 11.2 Å². The number of fused-ring (bicyclic) bond motifs is 1. The molecular weight excluding hydrogens is 196 g/mol. The molecule has 4 rings (SSSR count). The lowest BCUT2D eigenvalue weighted by Crippen LogP contribution is -2.69. The molecule has 0 aromatic carbocycles. The Morgan fingerprint density at radius 2 is 2.12 bits per heavy atom. The van der Waals surface area contributed by atoms with Crippen LogP contribution in [0.4, 0.5) is 0 Å². The minimum absolute atomic E-state index is 0.0662. The van der Waals surface area contributed by atoms with Crippen LogP contribution < -0.4 is 0 Å². The summed E-state index contributed by atoms with van der Waals surface area (Å²) in [7, 11) is 0. The molecule has 4 aliphatic rings. The Kier molecular flexibility index (Phi) is 2.12. The Morgan fingerprint density at radius 3 is 2.69 bits per heavy atom. The minimum atomic E-state index is -0.0662. The van der Waals surface area contributed by atoms with Gasteiger partial charge in [-0.3, -0.25) is 0 Å². The molecule has 0 heterocycles. The van der Waals surface area contributed by atoms with Gasteiger partial charge in [-0.25, -0.2) is 0 Å². The van der Waals surface area contributed by atoms with Crippen molar-refractivity contribution in [1.29, 1.82) is 0 Å². The normalized spacial score (nSPS) is 54.6. The van der Waals surface area contributed by atoms with E-state index in [9.17, 15) is 5.11 Å². The lowest BCUT2D eigenvalue weighted by Gasteiger charge is -2.71. The predicted octanol–water partition coefficient (Wildman–Crippen LogP) is 3.24. The van der Waals surface area contributed by atoms with Crippen LogP contribution in [-0.2, 0) is 0 Å². The molecule has 1 heteroatoms. The van der Waals surface area contributed by atoms with E-state index in [-0.39, 0.29) is 11.5 Å². The Morgan fingerprint density at radius 1 is 1.44 bits per heavy atom. The van der Waals surface area contributed by atoms with E-state index in [1.165, 1.54) is 6.42 Å². The van der Waals surface area contributed by atoms with Gasteiger partial charge < -0.3 is 5.11 Å². The molecule has 2 saturated carbocycles. The monoisotopic (exact) mass is 220 g/mol. The number of hydrogen-bond acceptors (Lipinski definition) is 1. The van der Waals surface area contributed by atoms with E-state index in [4.69, 9.17) is 0 Å². The van der Waals surface area contributed by atoms with Gasteiger partial charge in [0.05, 0.1) is 6.10 Å². The van der Waals surface area contributed by atoms with Crippen LogP contribution in [0.25, 0.3) is 0 Å². The van der Waals surface area contributed by atoms with Crippen LogP contribution in [0.2, 0.25) is 0 Å². The minimum Gasteiger partial charge on any atom is -0.393 e. The third kappa shape index (κ3) is 1.01. The van der Waals surface area contributed by atoms with E-state index in [0.29, 0.717) is 5.92 Å². The molecule has 0 saturated heterocycles. The maximum atomic E-state index is 10.5. The summed E-state index contributed by atoms with van der Waals surface area (Å²) in [4.78, 5) is 0. The second-order valence-corrected chi connectivity index (χ2v) is 6.87. The number of aliphatic hydroxyl groups excluding tert-OH is 1. The fraction of sp³-hybridized carbons (Fsp3) is 0.867. The standard InChI is InChI=1S/C15H24O/c1-8(2)10-7-12(16)15(4)11-6-5-9(3)14(15)13(10)11/h5,8,10-14,16H,6-7H2,1-4H3/t10-,11-,12?,13-,14?,15?/m0/s1. The van der Waals surface area contributed by atoms with Crippen molar-refractivity contribution < 1.29 is 5.11 Å². The van der Waals surface area contributed by atoms with Gasteiger partial charge in [0.15, 0.2) is 0 Å². The molecule has 4 aliphatic carbocycles. The molecule has 2 fully saturated rings. The molecule has 0 radical (unpaired) electrons. The van der Waals surface area contributed by atoms with E-state index in [1.54, 1.807) is 5.57 Å². The summed E-state index contributed by atoms with van der Waals surface area (Å²) >= 11 is 0. The molecule has 0 aliphatic heterocycles. The van der Waals surface area contributed by atoms with E-state index < -0.39 is 0 Å². The molecular formula is C15H24O. The summed E-state index contributed by atoms with van der Waals surface area (Å²) in [5.74, 6) is 3.79. The lowest BCUT2D eigenvalue weighted by molar-refractivity contribution is -0.241. The Labute approximate surface area is 98.9 Å². The zero-order valence-electron chi connectivity index (χ0n) is 10.9. The first-order valence-corrected chi connectivity index (χ1v) is 6.82. The number of hydrogen-bond donors (Lipinski definition) is 1. The Balaban J connectivity index is 2.00. The van der Waals surface area contributed by atoms with Crippen LogP contribution >= 0.6 is 0 Å². The largest absolute Gasteiger partial charge is 0.393 e. The van der Waals surface area contributed by atoms with Crippen molar-refractivity contribution in [2.24, 2.45) is 35.0 Å². The van der Waals surface area contributed by atoms with Crippen molar-refractivity contribution in [3.05, 3.63) is 11.6 Å². The van der Waals surface area contributed by atoms with Crippen LogP contribution in [0.1, 0.15) is 40.5 Å². The summed E-state index contributed by atoms with van der Waals surface area (Å²) < 4.78 is 0. The molecule has 6 atom stereocenters. The van der Waals surface area contributed by atoms with Gasteiger partial charge in [-0.05, 0) is 49.4 Å². The lowest BCUT2D eigenvalue weighted by atomic mass is 9.34. The van der Waals surface area contributed by atoms with Crippen molar-refractivity contribution in [1.82, 2.24) is 0 Å². The van der Waals surface area contributed by atoms with E-state index in [0.717, 1.165) is 30.1 Å². The molecule has 1 N–H and O–H groups in total. The Hall–Kier alpha value is -0.300. The first-order valence-electron chi connectivity index (χ1n) is 6.82. The van der Waals surface area contributed by atoms with Gasteiger partial charge in [0.1, 0.15) is 0 Å². The highest BCUT2D eigenvalue weighted by Gasteiger charge is 2.68. The maximum absolute atomic E-state index is 10.5. The number of aliphatic hydroxyl groups is 1. The molecule has 0 aromatic heterocycles. The van der Waals surface area contributed by atoms with Gasteiger partial charge in [-0.15, -0.1) is 0 Å². The van der Waals surface area contributed by atoms with Gasteiger partial charge in [0.2, 0.25) is 0 Å². The van der Waals surface area contributed by atoms with E-state index in [2.05, 4.69) is 33.8 Å². The molecule has 0 aromatic rings. The van der Waals surface area contributed by atoms with Gasteiger partial charge >= 0.3 is 0 Å². The van der Waals surface area contributed by atoms with Crippen molar-refractivity contribution in [3.8, 4) is 0 Å². The van der Waals surface area contributed by atoms with Crippen molar-refractivity contribution in [2.75, 3.05) is 0 Å². The summed E-state index contributed by atoms with van der Waals surface area (Å²) in [6.45, 7) is 9.26. The van der Waals surface area contributed by atoms with Gasteiger partial charge in [-0.2, -0.15) is 0 Å². The van der Waals surface area contributed by atoms with Crippen LogP contribution in [0.15, 0.2) is 11.6 Å². The van der Waals surface area contributed by atoms with Gasteiger partial charge in [-0.1, -0.05) is 32.4 Å². The fourth-order valence-corrected chi connectivity index (χ4v) is 5.20. The molecule has 0 spiro atoms. The van der Waals surface area contributed by atoms with E-state index >= 15 is 0 Å². The van der Waals surface area contributed by atoms with Gasteiger partial charge in [0, 0.05) is 5.41 Å². The first-order chi connectivity index (χ1) is 7.48. The van der Waals surface area contributed by atoms with Crippen LogP contribution in [0.3, 0.4) is 0 Å². The maximum Gasteiger partial charge on any atom is 0.0605 e. The average Bonchev–Trinajstić information content (AvgIpc) is 2.21. The average molecular weight is 220 g/mol. The molecule has 90 valence electrons. The zero-order valence-corrected chi connectivity index (χ0v) is 10.9. The summed E-state index contributed by atoms with van der Waals surface area (Å²) in [5, 5.41) is 10.5. The second kappa shape index (κ2) is 3.13. The van der Waals surface area contributed by atoms with Crippen LogP contribution in [0, 0.1) is 35.0 Å². The first kappa shape index (κ1) is 10.8. The third-order valence-corrected chi connectivity index (χ3v) is 6.07. The molecule has 0 amide bonds. The Bertz CT molecular complexity index is 343. The molecule has 3 unspecified atom stereocenters. The summed E-state index contributed by atoms with van der Waals surface area (Å²) in [5.41, 5.74) is 1.77. The van der Waals surface area contributed by atoms with Crippen molar-refractivity contribution >= 4 is 0 Å². The topological polar surface area (TPSA) is 20.2 Å². The number of rotatable bonds is 1. The highest BCUT2D eigenvalue weighted by molar-refractivity contribution is 5.30. The SMILES string of the molecule is CC1=CC[C@H]2[C@H]3C1C2(C)C(O)C[C@H]3C(C)C. The van der Waals surface area contributed by atoms with Gasteiger partial charge in [0.25, 0.3) is 0 Å². The van der Waals surface area contributed by atoms with Crippen molar-refractivity contribution in [2.45, 2.75) is 46.6 Å². The quantitative estimate of drug-likeness (QED) is 0.673. The van der Waals surface area contributed by atoms with Crippen molar-refractivity contribution in [3.63, 3.8) is 0 Å². The summed E-state index contributed by atoms with van der Waals surface area (Å²) in [6.07, 6.45) is 4.61. The van der Waals surface area contributed by atoms with E-state index in [1.807, 2.05) is 0 Å². The second-order valence-electron chi connectivity index (χ2n) is 6.87. The highest BCUT2D eigenvalue weighted by atomic mass is 16.3. The highest BCUT2D eigenvalue weighted by Crippen LogP contribution is 2.71. The van der Waals surface area contributed by atoms with Crippen LogP contribution in [0.5, 0.6) is 0 Å². The molecule has 4 bridgehead atoms. The number of allylic oxidation sites excluding steroid dienone is 2.